The Morgan fingerprint density at radius 1 is 1.14 bits per heavy atom. The van der Waals surface area contributed by atoms with Crippen LogP contribution in [0.3, 0.4) is 0 Å². The second kappa shape index (κ2) is 8.81. The maximum Gasteiger partial charge on any atom is 0.340 e. The van der Waals surface area contributed by atoms with E-state index in [1.165, 1.54) is 6.92 Å². The molecule has 0 fully saturated rings. The van der Waals surface area contributed by atoms with Gasteiger partial charge in [-0.2, -0.15) is 0 Å². The van der Waals surface area contributed by atoms with Gasteiger partial charge in [0.1, 0.15) is 5.69 Å². The third kappa shape index (κ3) is 4.29. The Kier molecular flexibility index (Phi) is 6.71. The number of Topliss-reactive ketones (excluding diaryl/α,β-unsaturated/α-hetero) is 1. The maximum atomic E-state index is 12.8. The molecular formula is C20H24N2O6. The quantitative estimate of drug-likeness (QED) is 0.306. The van der Waals surface area contributed by atoms with E-state index in [4.69, 9.17) is 4.74 Å². The van der Waals surface area contributed by atoms with E-state index in [0.717, 1.165) is 0 Å². The van der Waals surface area contributed by atoms with E-state index in [9.17, 15) is 24.6 Å². The standard InChI is InChI=1S/C20H24N2O6/c1-4-28-19(27)14-12(2)21-16(15(14)13-8-6-5-7-9-13)17(25)18(26)22-20(3,10-23)11-24/h5-9,21,23-24H,4,10-11H2,1-3H3,(H,22,26). The molecule has 1 heterocycles. The zero-order valence-corrected chi connectivity index (χ0v) is 16.0. The van der Waals surface area contributed by atoms with Gasteiger partial charge in [-0.25, -0.2) is 4.79 Å². The van der Waals surface area contributed by atoms with Crippen LogP contribution in [-0.4, -0.2) is 58.2 Å². The Hall–Kier alpha value is -2.97. The van der Waals surface area contributed by atoms with Crippen LogP contribution in [-0.2, 0) is 9.53 Å². The summed E-state index contributed by atoms with van der Waals surface area (Å²) < 4.78 is 5.10. The van der Waals surface area contributed by atoms with Gasteiger partial charge >= 0.3 is 5.97 Å². The number of benzene rings is 1. The minimum Gasteiger partial charge on any atom is -0.462 e. The lowest BCUT2D eigenvalue weighted by atomic mass is 9.97. The van der Waals surface area contributed by atoms with Gasteiger partial charge in [0.25, 0.3) is 11.7 Å². The number of ketones is 1. The number of hydrogen-bond donors (Lipinski definition) is 4. The van der Waals surface area contributed by atoms with Gasteiger partial charge in [-0.15, -0.1) is 0 Å². The highest BCUT2D eigenvalue weighted by molar-refractivity contribution is 6.44. The van der Waals surface area contributed by atoms with Gasteiger partial charge in [-0.3, -0.25) is 9.59 Å². The summed E-state index contributed by atoms with van der Waals surface area (Å²) in [5.41, 5.74) is -0.0190. The van der Waals surface area contributed by atoms with Crippen LogP contribution in [0.2, 0.25) is 0 Å². The van der Waals surface area contributed by atoms with Crippen molar-refractivity contribution in [3.8, 4) is 11.1 Å². The zero-order valence-electron chi connectivity index (χ0n) is 16.0. The molecule has 1 aromatic carbocycles. The molecule has 0 saturated carbocycles. The summed E-state index contributed by atoms with van der Waals surface area (Å²) in [4.78, 5) is 40.6. The van der Waals surface area contributed by atoms with Crippen molar-refractivity contribution in [2.45, 2.75) is 26.3 Å². The van der Waals surface area contributed by atoms with Gasteiger partial charge < -0.3 is 25.3 Å². The first kappa shape index (κ1) is 21.3. The number of H-pyrrole nitrogens is 1. The summed E-state index contributed by atoms with van der Waals surface area (Å²) in [6.45, 7) is 3.75. The fraction of sp³-hybridized carbons (Fsp3) is 0.350. The predicted molar refractivity (Wildman–Crippen MR) is 102 cm³/mol. The topological polar surface area (TPSA) is 129 Å². The largest absolute Gasteiger partial charge is 0.462 e. The third-order valence-electron chi connectivity index (χ3n) is 4.28. The normalized spacial score (nSPS) is 11.2. The summed E-state index contributed by atoms with van der Waals surface area (Å²) in [5, 5.41) is 21.0. The Bertz CT molecular complexity index is 868. The van der Waals surface area contributed by atoms with Crippen molar-refractivity contribution in [3.63, 3.8) is 0 Å². The van der Waals surface area contributed by atoms with E-state index in [2.05, 4.69) is 10.3 Å². The van der Waals surface area contributed by atoms with Crippen LogP contribution in [0.15, 0.2) is 30.3 Å². The molecule has 8 nitrogen and oxygen atoms in total. The summed E-state index contributed by atoms with van der Waals surface area (Å²) >= 11 is 0. The summed E-state index contributed by atoms with van der Waals surface area (Å²) in [6.07, 6.45) is 0. The Balaban J connectivity index is 2.55. The number of aliphatic hydroxyl groups excluding tert-OH is 2. The number of aromatic nitrogens is 1. The first-order valence-corrected chi connectivity index (χ1v) is 8.81. The predicted octanol–water partition coefficient (Wildman–Crippen LogP) is 1.21. The molecule has 4 N–H and O–H groups in total. The Morgan fingerprint density at radius 3 is 2.29 bits per heavy atom. The van der Waals surface area contributed by atoms with Crippen LogP contribution in [0.1, 0.15) is 40.4 Å². The molecule has 0 radical (unpaired) electrons. The number of carbonyl (C=O) groups excluding carboxylic acids is 3. The van der Waals surface area contributed by atoms with Crippen molar-refractivity contribution in [1.29, 1.82) is 0 Å². The number of hydrogen-bond acceptors (Lipinski definition) is 6. The van der Waals surface area contributed by atoms with Crippen molar-refractivity contribution in [1.82, 2.24) is 10.3 Å². The molecular weight excluding hydrogens is 364 g/mol. The Labute approximate surface area is 162 Å². The fourth-order valence-corrected chi connectivity index (χ4v) is 2.72. The molecule has 0 saturated heterocycles. The lowest BCUT2D eigenvalue weighted by molar-refractivity contribution is -0.119. The average molecular weight is 388 g/mol. The molecule has 0 spiro atoms. The van der Waals surface area contributed by atoms with Crippen LogP contribution in [0.5, 0.6) is 0 Å². The lowest BCUT2D eigenvalue weighted by Crippen LogP contribution is -2.53. The highest BCUT2D eigenvalue weighted by atomic mass is 16.5. The summed E-state index contributed by atoms with van der Waals surface area (Å²) in [6, 6.07) is 8.71. The van der Waals surface area contributed by atoms with Gasteiger partial charge in [-0.1, -0.05) is 30.3 Å². The maximum absolute atomic E-state index is 12.8. The third-order valence-corrected chi connectivity index (χ3v) is 4.28. The molecule has 1 amide bonds. The number of aromatic amines is 1. The second-order valence-corrected chi connectivity index (χ2v) is 6.62. The van der Waals surface area contributed by atoms with E-state index in [1.54, 1.807) is 44.2 Å². The molecule has 0 bridgehead atoms. The zero-order chi connectivity index (χ0) is 20.9. The number of ether oxygens (including phenoxy) is 1. The van der Waals surface area contributed by atoms with Gasteiger partial charge in [0.05, 0.1) is 30.9 Å². The van der Waals surface area contributed by atoms with Crippen molar-refractivity contribution < 1.29 is 29.3 Å². The first-order chi connectivity index (χ1) is 13.3. The number of rotatable bonds is 8. The van der Waals surface area contributed by atoms with E-state index in [1.807, 2.05) is 0 Å². The number of carbonyl (C=O) groups is 3. The number of amides is 1. The monoisotopic (exact) mass is 388 g/mol. The van der Waals surface area contributed by atoms with Crippen molar-refractivity contribution in [2.75, 3.05) is 19.8 Å². The van der Waals surface area contributed by atoms with Crippen molar-refractivity contribution in [3.05, 3.63) is 47.3 Å². The molecule has 0 unspecified atom stereocenters. The van der Waals surface area contributed by atoms with E-state index >= 15 is 0 Å². The highest BCUT2D eigenvalue weighted by Crippen LogP contribution is 2.31. The van der Waals surface area contributed by atoms with Gasteiger partial charge in [0, 0.05) is 11.3 Å². The van der Waals surface area contributed by atoms with Crippen LogP contribution in [0, 0.1) is 6.92 Å². The molecule has 1 aromatic heterocycles. The molecule has 0 aliphatic rings. The molecule has 2 rings (SSSR count). The molecule has 150 valence electrons. The van der Waals surface area contributed by atoms with Crippen LogP contribution in [0.25, 0.3) is 11.1 Å². The number of esters is 1. The van der Waals surface area contributed by atoms with E-state index < -0.39 is 36.4 Å². The lowest BCUT2D eigenvalue weighted by Gasteiger charge is -2.25. The summed E-state index contributed by atoms with van der Waals surface area (Å²) in [7, 11) is 0. The minimum atomic E-state index is -1.36. The number of aliphatic hydroxyl groups is 2. The first-order valence-electron chi connectivity index (χ1n) is 8.81. The highest BCUT2D eigenvalue weighted by Gasteiger charge is 2.33. The van der Waals surface area contributed by atoms with Crippen LogP contribution in [0.4, 0.5) is 0 Å². The molecule has 0 atom stereocenters. The van der Waals surface area contributed by atoms with E-state index in [0.29, 0.717) is 11.3 Å². The van der Waals surface area contributed by atoms with Gasteiger partial charge in [0.15, 0.2) is 0 Å². The van der Waals surface area contributed by atoms with Crippen LogP contribution >= 0.6 is 0 Å². The summed E-state index contributed by atoms with van der Waals surface area (Å²) in [5.74, 6) is -2.55. The second-order valence-electron chi connectivity index (χ2n) is 6.62. The smallest absolute Gasteiger partial charge is 0.340 e. The average Bonchev–Trinajstić information content (AvgIpc) is 3.05. The fourth-order valence-electron chi connectivity index (χ4n) is 2.72. The minimum absolute atomic E-state index is 0.0671. The number of aryl methyl sites for hydroxylation is 1. The Morgan fingerprint density at radius 2 is 1.75 bits per heavy atom. The molecule has 2 aromatic rings. The molecule has 0 aliphatic carbocycles. The van der Waals surface area contributed by atoms with Crippen LogP contribution < -0.4 is 5.32 Å². The molecule has 0 aliphatic heterocycles. The van der Waals surface area contributed by atoms with E-state index in [-0.39, 0.29) is 23.4 Å². The van der Waals surface area contributed by atoms with Crippen molar-refractivity contribution >= 4 is 17.7 Å². The van der Waals surface area contributed by atoms with Gasteiger partial charge in [0.2, 0.25) is 0 Å². The number of nitrogens with one attached hydrogen (secondary N) is 2. The SMILES string of the molecule is CCOC(=O)c1c(C)[nH]c(C(=O)C(=O)NC(C)(CO)CO)c1-c1ccccc1. The molecule has 28 heavy (non-hydrogen) atoms. The van der Waals surface area contributed by atoms with Crippen molar-refractivity contribution in [2.24, 2.45) is 0 Å². The molecule has 8 heteroatoms. The van der Waals surface area contributed by atoms with Gasteiger partial charge in [-0.05, 0) is 26.3 Å².